The molecule has 1 aliphatic rings. The van der Waals surface area contributed by atoms with E-state index in [9.17, 15) is 4.79 Å². The highest BCUT2D eigenvalue weighted by molar-refractivity contribution is 6.33. The summed E-state index contributed by atoms with van der Waals surface area (Å²) < 4.78 is 0. The summed E-state index contributed by atoms with van der Waals surface area (Å²) in [4.78, 5) is 13.0. The lowest BCUT2D eigenvalue weighted by molar-refractivity contribution is 0.249. The van der Waals surface area contributed by atoms with Gasteiger partial charge in [0, 0.05) is 23.4 Å². The molecule has 0 saturated carbocycles. The molecule has 0 fully saturated rings. The minimum atomic E-state index is -0.708. The molecule has 0 spiro atoms. The summed E-state index contributed by atoms with van der Waals surface area (Å²) >= 11 is 6.36. The Bertz CT molecular complexity index is 664. The number of anilines is 1. The molecule has 6 heteroatoms. The quantitative estimate of drug-likeness (QED) is 0.662. The molecule has 3 N–H and O–H groups in total. The van der Waals surface area contributed by atoms with Crippen LogP contribution in [0.3, 0.4) is 0 Å². The van der Waals surface area contributed by atoms with Gasteiger partial charge in [-0.2, -0.15) is 5.10 Å². The first-order valence-electron chi connectivity index (χ1n) is 7.15. The van der Waals surface area contributed by atoms with Gasteiger partial charge in [0.1, 0.15) is 0 Å². The second-order valence-electron chi connectivity index (χ2n) is 5.85. The van der Waals surface area contributed by atoms with Crippen molar-refractivity contribution >= 4 is 35.1 Å². The van der Waals surface area contributed by atoms with Gasteiger partial charge in [0.05, 0.1) is 16.8 Å². The average Bonchev–Trinajstić information content (AvgIpc) is 2.39. The molecule has 0 bridgehead atoms. The molecule has 2 amide bonds. The molecule has 22 heavy (non-hydrogen) atoms. The van der Waals surface area contributed by atoms with Gasteiger partial charge in [0.25, 0.3) is 0 Å². The van der Waals surface area contributed by atoms with Crippen molar-refractivity contribution < 1.29 is 4.79 Å². The number of fused-ring (bicyclic) bond motifs is 1. The predicted octanol–water partition coefficient (Wildman–Crippen LogP) is 3.36. The summed E-state index contributed by atoms with van der Waals surface area (Å²) in [5.74, 6) is 0. The molecule has 0 aromatic heterocycles. The average molecular weight is 321 g/mol. The lowest BCUT2D eigenvalue weighted by atomic mass is 9.88. The van der Waals surface area contributed by atoms with Crippen LogP contribution >= 0.6 is 11.6 Å². The van der Waals surface area contributed by atoms with Crippen LogP contribution in [0.1, 0.15) is 38.8 Å². The Balaban J connectivity index is 2.49. The molecule has 118 valence electrons. The van der Waals surface area contributed by atoms with Crippen LogP contribution in [0.2, 0.25) is 5.02 Å². The molecule has 0 saturated heterocycles. The van der Waals surface area contributed by atoms with E-state index in [1.54, 1.807) is 0 Å². The topological polar surface area (TPSA) is 70.7 Å². The number of halogens is 1. The van der Waals surface area contributed by atoms with Crippen LogP contribution in [-0.2, 0) is 0 Å². The van der Waals surface area contributed by atoms with Crippen LogP contribution in [0.4, 0.5) is 10.5 Å². The van der Waals surface area contributed by atoms with Crippen LogP contribution < -0.4 is 16.1 Å². The second-order valence-corrected chi connectivity index (χ2v) is 6.26. The minimum absolute atomic E-state index is 0.0572. The number of primary amides is 1. The third-order valence-electron chi connectivity index (χ3n) is 3.79. The zero-order valence-electron chi connectivity index (χ0n) is 13.3. The number of amides is 2. The highest BCUT2D eigenvalue weighted by Gasteiger charge is 2.30. The number of urea groups is 1. The molecule has 0 atom stereocenters. The molecule has 1 aliphatic heterocycles. The predicted molar refractivity (Wildman–Crippen MR) is 92.5 cm³/mol. The zero-order chi connectivity index (χ0) is 16.5. The largest absolute Gasteiger partial charge is 0.363 e. The van der Waals surface area contributed by atoms with Gasteiger partial charge in [-0.3, -0.25) is 0 Å². The van der Waals surface area contributed by atoms with E-state index in [0.717, 1.165) is 23.4 Å². The Kier molecular flexibility index (Phi) is 4.47. The van der Waals surface area contributed by atoms with Crippen LogP contribution in [0.15, 0.2) is 23.3 Å². The zero-order valence-corrected chi connectivity index (χ0v) is 14.0. The number of likely N-dealkylation sites (N-methyl/N-ethyl adjacent to an activating group) is 1. The fraction of sp³-hybridized carbons (Fsp3) is 0.375. The standard InChI is InChI=1S/C16H21ClN4O/c1-5-21-14-7-13(17)11(9-19-20-15(18)22)6-12(14)10(2)8-16(21,3)4/h6-9H,5H2,1-4H3,(H3,18,20,22)/b19-9-. The van der Waals surface area contributed by atoms with Gasteiger partial charge < -0.3 is 10.6 Å². The Morgan fingerprint density at radius 1 is 1.50 bits per heavy atom. The van der Waals surface area contributed by atoms with Crippen LogP contribution in [0, 0.1) is 0 Å². The van der Waals surface area contributed by atoms with Gasteiger partial charge in [-0.25, -0.2) is 10.2 Å². The van der Waals surface area contributed by atoms with E-state index in [0.29, 0.717) is 5.02 Å². The van der Waals surface area contributed by atoms with Crippen molar-refractivity contribution in [2.45, 2.75) is 33.2 Å². The molecule has 1 aromatic rings. The molecule has 1 aromatic carbocycles. The number of hydrogen-bond acceptors (Lipinski definition) is 3. The van der Waals surface area contributed by atoms with Gasteiger partial charge in [-0.15, -0.1) is 0 Å². The van der Waals surface area contributed by atoms with Crippen molar-refractivity contribution in [3.8, 4) is 0 Å². The summed E-state index contributed by atoms with van der Waals surface area (Å²) in [5, 5.41) is 4.36. The van der Waals surface area contributed by atoms with Crippen molar-refractivity contribution in [2.75, 3.05) is 11.4 Å². The summed E-state index contributed by atoms with van der Waals surface area (Å²) in [7, 11) is 0. The van der Waals surface area contributed by atoms with Crippen molar-refractivity contribution in [2.24, 2.45) is 10.8 Å². The van der Waals surface area contributed by atoms with E-state index in [1.165, 1.54) is 11.8 Å². The normalized spacial score (nSPS) is 16.4. The summed E-state index contributed by atoms with van der Waals surface area (Å²) in [6.45, 7) is 9.47. The number of nitrogens with zero attached hydrogens (tertiary/aromatic N) is 2. The summed E-state index contributed by atoms with van der Waals surface area (Å²) in [6.07, 6.45) is 3.74. The smallest absolute Gasteiger partial charge is 0.332 e. The summed E-state index contributed by atoms with van der Waals surface area (Å²) in [6, 6.07) is 3.22. The van der Waals surface area contributed by atoms with Crippen molar-refractivity contribution in [3.05, 3.63) is 34.4 Å². The van der Waals surface area contributed by atoms with Crippen molar-refractivity contribution in [3.63, 3.8) is 0 Å². The van der Waals surface area contributed by atoms with Gasteiger partial charge in [-0.1, -0.05) is 17.7 Å². The maximum atomic E-state index is 10.7. The first-order valence-corrected chi connectivity index (χ1v) is 7.53. The second kappa shape index (κ2) is 6.01. The lowest BCUT2D eigenvalue weighted by Crippen LogP contribution is -2.44. The number of nitrogens with two attached hydrogens (primary N) is 1. The first-order chi connectivity index (χ1) is 10.3. The molecule has 1 heterocycles. The van der Waals surface area contributed by atoms with Crippen LogP contribution in [0.5, 0.6) is 0 Å². The molecular formula is C16H21ClN4O. The van der Waals surface area contributed by atoms with Gasteiger partial charge in [-0.05, 0) is 45.4 Å². The maximum Gasteiger partial charge on any atom is 0.332 e. The third kappa shape index (κ3) is 3.09. The maximum absolute atomic E-state index is 10.7. The number of hydrogen-bond donors (Lipinski definition) is 2. The van der Waals surface area contributed by atoms with Crippen molar-refractivity contribution in [1.29, 1.82) is 0 Å². The number of nitrogens with one attached hydrogen (secondary N) is 1. The van der Waals surface area contributed by atoms with E-state index >= 15 is 0 Å². The number of allylic oxidation sites excluding steroid dienone is 1. The number of carbonyl (C=O) groups is 1. The first kappa shape index (κ1) is 16.4. The van der Waals surface area contributed by atoms with Crippen LogP contribution in [0.25, 0.3) is 5.57 Å². The molecule has 0 radical (unpaired) electrons. The third-order valence-corrected chi connectivity index (χ3v) is 4.12. The van der Waals surface area contributed by atoms with E-state index in [2.05, 4.69) is 49.2 Å². The fourth-order valence-corrected chi connectivity index (χ4v) is 3.16. The molecule has 0 unspecified atom stereocenters. The Hall–Kier alpha value is -2.01. The Morgan fingerprint density at radius 2 is 2.18 bits per heavy atom. The lowest BCUT2D eigenvalue weighted by Gasteiger charge is -2.43. The minimum Gasteiger partial charge on any atom is -0.363 e. The SMILES string of the molecule is CCN1c2cc(Cl)c(/C=N\NC(N)=O)cc2C(C)=CC1(C)C. The number of rotatable bonds is 3. The Morgan fingerprint density at radius 3 is 2.77 bits per heavy atom. The van der Waals surface area contributed by atoms with E-state index in [-0.39, 0.29) is 5.54 Å². The molecular weight excluding hydrogens is 300 g/mol. The number of benzene rings is 1. The van der Waals surface area contributed by atoms with Crippen LogP contribution in [-0.4, -0.2) is 24.3 Å². The highest BCUT2D eigenvalue weighted by Crippen LogP contribution is 2.40. The number of hydrazone groups is 1. The molecule has 0 aliphatic carbocycles. The van der Waals surface area contributed by atoms with E-state index in [4.69, 9.17) is 17.3 Å². The molecule has 5 nitrogen and oxygen atoms in total. The van der Waals surface area contributed by atoms with Crippen molar-refractivity contribution in [1.82, 2.24) is 5.43 Å². The van der Waals surface area contributed by atoms with Gasteiger partial charge >= 0.3 is 6.03 Å². The number of carbonyl (C=O) groups excluding carboxylic acids is 1. The van der Waals surface area contributed by atoms with E-state index in [1.807, 2.05) is 12.1 Å². The van der Waals surface area contributed by atoms with E-state index < -0.39 is 6.03 Å². The van der Waals surface area contributed by atoms with Gasteiger partial charge in [0.15, 0.2) is 0 Å². The molecule has 2 rings (SSSR count). The highest BCUT2D eigenvalue weighted by atomic mass is 35.5. The summed E-state index contributed by atoms with van der Waals surface area (Å²) in [5.41, 5.74) is 11.2. The van der Waals surface area contributed by atoms with Gasteiger partial charge in [0.2, 0.25) is 0 Å². The monoisotopic (exact) mass is 320 g/mol. The fourth-order valence-electron chi connectivity index (χ4n) is 2.96. The Labute approximate surface area is 135 Å².